The van der Waals surface area contributed by atoms with Gasteiger partial charge in [-0.1, -0.05) is 12.1 Å². The molecular formula is C15H17FN4O2. The maximum atomic E-state index is 13.7. The van der Waals surface area contributed by atoms with E-state index in [2.05, 4.69) is 15.7 Å². The van der Waals surface area contributed by atoms with Crippen LogP contribution in [0.2, 0.25) is 0 Å². The topological polar surface area (TPSA) is 79.2 Å². The van der Waals surface area contributed by atoms with E-state index in [1.807, 2.05) is 0 Å². The number of urea groups is 1. The monoisotopic (exact) mass is 304 g/mol. The summed E-state index contributed by atoms with van der Waals surface area (Å²) in [5.41, 5.74) is -0.0181. The van der Waals surface area contributed by atoms with Crippen LogP contribution in [0.1, 0.15) is 19.3 Å². The van der Waals surface area contributed by atoms with E-state index in [0.29, 0.717) is 24.2 Å². The number of para-hydroxylation sites is 1. The summed E-state index contributed by atoms with van der Waals surface area (Å²) in [6, 6.07) is 5.82. The second-order valence-corrected chi connectivity index (χ2v) is 5.51. The summed E-state index contributed by atoms with van der Waals surface area (Å²) in [6.45, 7) is 0.223. The van der Waals surface area contributed by atoms with Crippen LogP contribution in [-0.2, 0) is 0 Å². The number of amides is 2. The van der Waals surface area contributed by atoms with Crippen LogP contribution < -0.4 is 10.6 Å². The van der Waals surface area contributed by atoms with Gasteiger partial charge in [0.25, 0.3) is 0 Å². The van der Waals surface area contributed by atoms with Crippen LogP contribution in [0.3, 0.4) is 0 Å². The minimum Gasteiger partial charge on any atom is -0.388 e. The number of halogens is 1. The van der Waals surface area contributed by atoms with Crippen molar-refractivity contribution in [1.82, 2.24) is 15.1 Å². The zero-order chi connectivity index (χ0) is 15.6. The van der Waals surface area contributed by atoms with Gasteiger partial charge in [-0.15, -0.1) is 0 Å². The predicted molar refractivity (Wildman–Crippen MR) is 79.3 cm³/mol. The summed E-state index contributed by atoms with van der Waals surface area (Å²) >= 11 is 0. The Kier molecular flexibility index (Phi) is 3.81. The van der Waals surface area contributed by atoms with Crippen LogP contribution in [0.5, 0.6) is 0 Å². The SMILES string of the molecule is O=C(NCC1(O)CCC1)Nc1cnn(-c2ccccc2F)c1. The van der Waals surface area contributed by atoms with Gasteiger partial charge in [0.05, 0.1) is 23.7 Å². The van der Waals surface area contributed by atoms with Gasteiger partial charge in [0.1, 0.15) is 11.5 Å². The standard InChI is InChI=1S/C15H17FN4O2/c16-12-4-1-2-5-13(12)20-9-11(8-18-20)19-14(21)17-10-15(22)6-3-7-15/h1-2,4-5,8-9,22H,3,6-7,10H2,(H2,17,19,21). The number of carbonyl (C=O) groups is 1. The minimum atomic E-state index is -0.769. The summed E-state index contributed by atoms with van der Waals surface area (Å²) in [4.78, 5) is 11.8. The molecule has 6 nitrogen and oxygen atoms in total. The first-order chi connectivity index (χ1) is 10.6. The fraction of sp³-hybridized carbons (Fsp3) is 0.333. The molecule has 2 aromatic rings. The summed E-state index contributed by atoms with van der Waals surface area (Å²) in [5, 5.41) is 19.2. The number of aliphatic hydroxyl groups is 1. The number of nitrogens with zero attached hydrogens (tertiary/aromatic N) is 2. The van der Waals surface area contributed by atoms with E-state index in [4.69, 9.17) is 0 Å². The number of benzene rings is 1. The molecule has 0 aliphatic heterocycles. The van der Waals surface area contributed by atoms with Crippen LogP contribution in [0, 0.1) is 5.82 Å². The number of hydrogen-bond donors (Lipinski definition) is 3. The molecule has 2 amide bonds. The van der Waals surface area contributed by atoms with Gasteiger partial charge in [-0.3, -0.25) is 0 Å². The van der Waals surface area contributed by atoms with Crippen molar-refractivity contribution in [3.8, 4) is 5.69 Å². The molecule has 1 saturated carbocycles. The highest BCUT2D eigenvalue weighted by Gasteiger charge is 2.34. The average molecular weight is 304 g/mol. The van der Waals surface area contributed by atoms with Crippen LogP contribution in [0.4, 0.5) is 14.9 Å². The molecule has 0 unspecified atom stereocenters. The molecule has 1 aromatic heterocycles. The van der Waals surface area contributed by atoms with Crippen molar-refractivity contribution in [3.63, 3.8) is 0 Å². The normalized spacial score (nSPS) is 15.9. The highest BCUT2D eigenvalue weighted by molar-refractivity contribution is 5.89. The lowest BCUT2D eigenvalue weighted by atomic mass is 9.80. The van der Waals surface area contributed by atoms with E-state index < -0.39 is 17.4 Å². The van der Waals surface area contributed by atoms with E-state index in [1.54, 1.807) is 18.2 Å². The molecule has 1 heterocycles. The first-order valence-corrected chi connectivity index (χ1v) is 7.13. The average Bonchev–Trinajstić information content (AvgIpc) is 2.92. The molecule has 0 spiro atoms. The van der Waals surface area contributed by atoms with Crippen molar-refractivity contribution in [2.24, 2.45) is 0 Å². The number of nitrogens with one attached hydrogen (secondary N) is 2. The highest BCUT2D eigenvalue weighted by Crippen LogP contribution is 2.30. The number of anilines is 1. The number of rotatable bonds is 4. The fourth-order valence-corrected chi connectivity index (χ4v) is 2.34. The molecule has 0 bridgehead atoms. The molecule has 3 rings (SSSR count). The summed E-state index contributed by atoms with van der Waals surface area (Å²) in [6.07, 6.45) is 5.35. The Labute approximate surface area is 127 Å². The first kappa shape index (κ1) is 14.5. The third-order valence-corrected chi connectivity index (χ3v) is 3.80. The first-order valence-electron chi connectivity index (χ1n) is 7.13. The van der Waals surface area contributed by atoms with Crippen LogP contribution in [-0.4, -0.2) is 33.1 Å². The Bertz CT molecular complexity index is 682. The molecule has 0 saturated heterocycles. The number of aromatic nitrogens is 2. The van der Waals surface area contributed by atoms with Gasteiger partial charge in [0.2, 0.25) is 0 Å². The zero-order valence-electron chi connectivity index (χ0n) is 11.9. The van der Waals surface area contributed by atoms with Gasteiger partial charge in [-0.05, 0) is 31.4 Å². The molecule has 3 N–H and O–H groups in total. The van der Waals surface area contributed by atoms with Crippen LogP contribution in [0.15, 0.2) is 36.7 Å². The Hall–Kier alpha value is -2.41. The Morgan fingerprint density at radius 1 is 1.41 bits per heavy atom. The van der Waals surface area contributed by atoms with Gasteiger partial charge < -0.3 is 15.7 Å². The van der Waals surface area contributed by atoms with Crippen LogP contribution >= 0.6 is 0 Å². The van der Waals surface area contributed by atoms with Gasteiger partial charge in [-0.2, -0.15) is 5.10 Å². The molecule has 1 fully saturated rings. The van der Waals surface area contributed by atoms with Crippen molar-refractivity contribution < 1.29 is 14.3 Å². The van der Waals surface area contributed by atoms with Crippen molar-refractivity contribution in [3.05, 3.63) is 42.5 Å². The lowest BCUT2D eigenvalue weighted by molar-refractivity contribution is -0.0287. The fourth-order valence-electron chi connectivity index (χ4n) is 2.34. The third-order valence-electron chi connectivity index (χ3n) is 3.80. The molecule has 7 heteroatoms. The molecule has 0 atom stereocenters. The highest BCUT2D eigenvalue weighted by atomic mass is 19.1. The minimum absolute atomic E-state index is 0.223. The second-order valence-electron chi connectivity index (χ2n) is 5.51. The van der Waals surface area contributed by atoms with Crippen molar-refractivity contribution in [1.29, 1.82) is 0 Å². The van der Waals surface area contributed by atoms with Gasteiger partial charge in [0.15, 0.2) is 0 Å². The quantitative estimate of drug-likeness (QED) is 0.809. The summed E-state index contributed by atoms with van der Waals surface area (Å²) < 4.78 is 15.0. The van der Waals surface area contributed by atoms with E-state index >= 15 is 0 Å². The predicted octanol–water partition coefficient (Wildman–Crippen LogP) is 2.05. The lowest BCUT2D eigenvalue weighted by Gasteiger charge is -2.36. The van der Waals surface area contributed by atoms with Gasteiger partial charge in [-0.25, -0.2) is 13.9 Å². The summed E-state index contributed by atoms with van der Waals surface area (Å²) in [5.74, 6) is -0.395. The molecular weight excluding hydrogens is 287 g/mol. The largest absolute Gasteiger partial charge is 0.388 e. The molecule has 1 aliphatic rings. The van der Waals surface area contributed by atoms with Crippen LogP contribution in [0.25, 0.3) is 5.69 Å². The molecule has 0 radical (unpaired) electrons. The van der Waals surface area contributed by atoms with E-state index in [1.165, 1.54) is 23.1 Å². The van der Waals surface area contributed by atoms with Crippen molar-refractivity contribution >= 4 is 11.7 Å². The van der Waals surface area contributed by atoms with E-state index in [9.17, 15) is 14.3 Å². The zero-order valence-corrected chi connectivity index (χ0v) is 11.9. The summed E-state index contributed by atoms with van der Waals surface area (Å²) in [7, 11) is 0. The number of carbonyl (C=O) groups excluding carboxylic acids is 1. The second kappa shape index (κ2) is 5.76. The van der Waals surface area contributed by atoms with E-state index in [-0.39, 0.29) is 6.54 Å². The van der Waals surface area contributed by atoms with Crippen molar-refractivity contribution in [2.45, 2.75) is 24.9 Å². The Morgan fingerprint density at radius 2 is 2.18 bits per heavy atom. The lowest BCUT2D eigenvalue weighted by Crippen LogP contribution is -2.48. The van der Waals surface area contributed by atoms with Gasteiger partial charge in [0, 0.05) is 6.54 Å². The van der Waals surface area contributed by atoms with Crippen molar-refractivity contribution in [2.75, 3.05) is 11.9 Å². The maximum absolute atomic E-state index is 13.7. The van der Waals surface area contributed by atoms with Gasteiger partial charge >= 0.3 is 6.03 Å². The molecule has 1 aliphatic carbocycles. The maximum Gasteiger partial charge on any atom is 0.319 e. The smallest absolute Gasteiger partial charge is 0.319 e. The molecule has 116 valence electrons. The third kappa shape index (κ3) is 3.09. The Morgan fingerprint density at radius 3 is 2.86 bits per heavy atom. The molecule has 1 aromatic carbocycles. The van der Waals surface area contributed by atoms with E-state index in [0.717, 1.165) is 6.42 Å². The Balaban J connectivity index is 1.59. The molecule has 22 heavy (non-hydrogen) atoms. The number of hydrogen-bond acceptors (Lipinski definition) is 3.